The van der Waals surface area contributed by atoms with Gasteiger partial charge in [-0.15, -0.1) is 23.2 Å². The van der Waals surface area contributed by atoms with Crippen molar-refractivity contribution in [2.45, 2.75) is 28.5 Å². The lowest BCUT2D eigenvalue weighted by Gasteiger charge is -2.50. The second kappa shape index (κ2) is 8.95. The van der Waals surface area contributed by atoms with Crippen LogP contribution in [0.2, 0.25) is 5.02 Å². The van der Waals surface area contributed by atoms with E-state index in [0.29, 0.717) is 5.57 Å². The first-order valence-corrected chi connectivity index (χ1v) is 13.7. The largest absolute Gasteiger partial charge is 0.508 e. The Balaban J connectivity index is 1.50. The third kappa shape index (κ3) is 3.47. The smallest absolute Gasteiger partial charge is 0.339 e. The van der Waals surface area contributed by atoms with Crippen molar-refractivity contribution in [1.82, 2.24) is 4.90 Å². The van der Waals surface area contributed by atoms with Gasteiger partial charge < -0.3 is 15.3 Å². The highest BCUT2D eigenvalue weighted by Crippen LogP contribution is 2.66. The fourth-order valence-electron chi connectivity index (χ4n) is 6.94. The second-order valence-corrected chi connectivity index (χ2v) is 12.4. The number of carboxylic acid groups (broad SMARTS) is 1. The van der Waals surface area contributed by atoms with E-state index in [4.69, 9.17) is 34.8 Å². The molecule has 0 spiro atoms. The summed E-state index contributed by atoms with van der Waals surface area (Å²) in [6.45, 7) is 0. The fraction of sp³-hybridized carbons (Fsp3) is 0.321. The summed E-state index contributed by atoms with van der Waals surface area (Å²) in [5, 5.41) is 30.6. The normalized spacial score (nSPS) is 32.5. The number of aromatic carboxylic acids is 1. The molecule has 13 heteroatoms. The first-order chi connectivity index (χ1) is 19.2. The third-order valence-electron chi connectivity index (χ3n) is 8.78. The quantitative estimate of drug-likeness (QED) is 0.268. The number of amides is 4. The number of halogens is 3. The SMILES string of the molecule is CN1C(=O)[C@]2(Cl)C[C@@H]3C(=CC[C@@H]4C(=O)N(c5ccc(C(=O)O)c(O)c5)C(=O)[C@@H]43)[C@H](c3cc(Cl)ccc3O)[C@]2(Cl)C1=O. The molecule has 3 fully saturated rings. The first-order valence-electron chi connectivity index (χ1n) is 12.6. The number of carbonyl (C=O) groups is 5. The minimum Gasteiger partial charge on any atom is -0.508 e. The summed E-state index contributed by atoms with van der Waals surface area (Å²) >= 11 is 20.4. The fourth-order valence-corrected chi connectivity index (χ4v) is 8.13. The summed E-state index contributed by atoms with van der Waals surface area (Å²) in [7, 11) is 1.26. The molecule has 0 aromatic heterocycles. The number of anilines is 1. The van der Waals surface area contributed by atoms with Crippen LogP contribution in [0.1, 0.15) is 34.7 Å². The molecule has 2 aliphatic carbocycles. The van der Waals surface area contributed by atoms with Crippen molar-refractivity contribution in [3.05, 3.63) is 64.2 Å². The van der Waals surface area contributed by atoms with Crippen LogP contribution in [0.4, 0.5) is 5.69 Å². The van der Waals surface area contributed by atoms with Gasteiger partial charge in [-0.3, -0.25) is 24.1 Å². The monoisotopic (exact) mass is 618 g/mol. The Morgan fingerprint density at radius 1 is 0.951 bits per heavy atom. The molecule has 4 aliphatic rings. The number of imide groups is 2. The Kier molecular flexibility index (Phi) is 6.02. The molecule has 3 N–H and O–H groups in total. The number of hydrogen-bond donors (Lipinski definition) is 3. The molecule has 10 nitrogen and oxygen atoms in total. The van der Waals surface area contributed by atoms with E-state index in [1.165, 1.54) is 31.3 Å². The number of phenols is 2. The van der Waals surface area contributed by atoms with Crippen LogP contribution in [0.5, 0.6) is 11.5 Å². The van der Waals surface area contributed by atoms with Crippen molar-refractivity contribution in [3.63, 3.8) is 0 Å². The lowest BCUT2D eigenvalue weighted by molar-refractivity contribution is -0.138. The molecule has 2 aliphatic heterocycles. The van der Waals surface area contributed by atoms with E-state index in [0.717, 1.165) is 21.9 Å². The van der Waals surface area contributed by atoms with Gasteiger partial charge in [0.1, 0.15) is 17.1 Å². The van der Waals surface area contributed by atoms with Crippen LogP contribution < -0.4 is 4.90 Å². The van der Waals surface area contributed by atoms with E-state index in [1.807, 2.05) is 0 Å². The Labute approximate surface area is 247 Å². The van der Waals surface area contributed by atoms with E-state index < -0.39 is 74.3 Å². The number of likely N-dealkylation sites (tertiary alicyclic amines) is 1. The molecule has 4 amide bonds. The summed E-state index contributed by atoms with van der Waals surface area (Å²) in [6.07, 6.45) is 1.54. The number of aromatic hydroxyl groups is 2. The number of hydrogen-bond acceptors (Lipinski definition) is 7. The van der Waals surface area contributed by atoms with Crippen LogP contribution in [0.3, 0.4) is 0 Å². The molecule has 41 heavy (non-hydrogen) atoms. The highest BCUT2D eigenvalue weighted by molar-refractivity contribution is 6.53. The van der Waals surface area contributed by atoms with E-state index in [9.17, 15) is 39.3 Å². The molecular formula is C28H21Cl3N2O8. The van der Waals surface area contributed by atoms with Crippen molar-refractivity contribution >= 4 is 70.1 Å². The van der Waals surface area contributed by atoms with Crippen molar-refractivity contribution < 1.29 is 39.3 Å². The van der Waals surface area contributed by atoms with E-state index >= 15 is 0 Å². The maximum Gasteiger partial charge on any atom is 0.339 e. The standard InChI is InChI=1S/C28H21Cl3N2O8/c1-32-25(40)27(30)10-17-13(21(28(27,31)26(32)41)16-8-11(29)2-7-18(16)34)5-6-15-20(17)23(37)33(22(15)36)12-3-4-14(24(38)39)19(35)9-12/h2-5,7-9,15,17,20-21,34-35H,6,10H2,1H3,(H,38,39)/t15-,17+,20-,21+,27+,28-/m0/s1. The van der Waals surface area contributed by atoms with Crippen molar-refractivity contribution in [3.8, 4) is 11.5 Å². The van der Waals surface area contributed by atoms with Gasteiger partial charge in [0, 0.05) is 29.6 Å². The van der Waals surface area contributed by atoms with Crippen LogP contribution in [-0.4, -0.2) is 66.6 Å². The van der Waals surface area contributed by atoms with Crippen molar-refractivity contribution in [2.75, 3.05) is 11.9 Å². The summed E-state index contributed by atoms with van der Waals surface area (Å²) in [5.41, 5.74) is 0.198. The Morgan fingerprint density at radius 3 is 2.32 bits per heavy atom. The molecule has 0 radical (unpaired) electrons. The number of allylic oxidation sites excluding steroid dienone is 2. The van der Waals surface area contributed by atoms with Crippen LogP contribution >= 0.6 is 34.8 Å². The molecule has 0 bridgehead atoms. The highest BCUT2D eigenvalue weighted by atomic mass is 35.5. The van der Waals surface area contributed by atoms with Gasteiger partial charge >= 0.3 is 5.97 Å². The zero-order valence-corrected chi connectivity index (χ0v) is 23.4. The highest BCUT2D eigenvalue weighted by Gasteiger charge is 2.76. The molecule has 2 aromatic carbocycles. The first kappa shape index (κ1) is 27.6. The maximum absolute atomic E-state index is 14.0. The van der Waals surface area contributed by atoms with Gasteiger partial charge in [0.15, 0.2) is 9.75 Å². The Hall–Kier alpha value is -3.60. The number of fused-ring (bicyclic) bond motifs is 4. The van der Waals surface area contributed by atoms with Gasteiger partial charge in [0.05, 0.1) is 17.5 Å². The van der Waals surface area contributed by atoms with E-state index in [2.05, 4.69) is 0 Å². The summed E-state index contributed by atoms with van der Waals surface area (Å²) in [5.74, 6) is -8.88. The Morgan fingerprint density at radius 2 is 1.66 bits per heavy atom. The van der Waals surface area contributed by atoms with Crippen LogP contribution in [0, 0.1) is 17.8 Å². The van der Waals surface area contributed by atoms with Gasteiger partial charge in [0.25, 0.3) is 11.8 Å². The number of phenolic OH excluding ortho intramolecular Hbond substituents is 1. The lowest BCUT2D eigenvalue weighted by atomic mass is 9.56. The number of carbonyl (C=O) groups excluding carboxylic acids is 4. The molecule has 6 rings (SSSR count). The molecule has 0 unspecified atom stereocenters. The average molecular weight is 620 g/mol. The topological polar surface area (TPSA) is 153 Å². The number of rotatable bonds is 3. The van der Waals surface area contributed by atoms with Gasteiger partial charge in [-0.1, -0.05) is 23.3 Å². The van der Waals surface area contributed by atoms with Gasteiger partial charge in [-0.2, -0.15) is 0 Å². The zero-order valence-electron chi connectivity index (χ0n) is 21.2. The number of nitrogens with zero attached hydrogens (tertiary/aromatic N) is 2. The summed E-state index contributed by atoms with van der Waals surface area (Å²) in [4.78, 5) is 63.5. The lowest BCUT2D eigenvalue weighted by Crippen LogP contribution is -2.60. The van der Waals surface area contributed by atoms with Crippen LogP contribution in [-0.2, 0) is 19.2 Å². The minimum atomic E-state index is -2.07. The van der Waals surface area contributed by atoms with Gasteiger partial charge in [0.2, 0.25) is 11.8 Å². The zero-order chi connectivity index (χ0) is 29.8. The molecule has 2 aromatic rings. The van der Waals surface area contributed by atoms with Gasteiger partial charge in [-0.25, -0.2) is 9.69 Å². The molecule has 2 saturated heterocycles. The van der Waals surface area contributed by atoms with Crippen LogP contribution in [0.15, 0.2) is 48.0 Å². The molecular weight excluding hydrogens is 599 g/mol. The summed E-state index contributed by atoms with van der Waals surface area (Å²) in [6, 6.07) is 7.56. The minimum absolute atomic E-state index is 0.0163. The predicted molar refractivity (Wildman–Crippen MR) is 146 cm³/mol. The summed E-state index contributed by atoms with van der Waals surface area (Å²) < 4.78 is 0. The van der Waals surface area contributed by atoms with Crippen molar-refractivity contribution in [2.24, 2.45) is 17.8 Å². The second-order valence-electron chi connectivity index (χ2n) is 10.7. The molecule has 212 valence electrons. The number of alkyl halides is 2. The van der Waals surface area contributed by atoms with E-state index in [1.54, 1.807) is 6.08 Å². The molecule has 1 saturated carbocycles. The average Bonchev–Trinajstić information content (AvgIpc) is 3.25. The third-order valence-corrected chi connectivity index (χ3v) is 10.4. The number of benzene rings is 2. The maximum atomic E-state index is 14.0. The van der Waals surface area contributed by atoms with E-state index in [-0.39, 0.29) is 34.9 Å². The Bertz CT molecular complexity index is 1640. The predicted octanol–water partition coefficient (Wildman–Crippen LogP) is 3.64. The van der Waals surface area contributed by atoms with Gasteiger partial charge in [-0.05, 0) is 49.1 Å². The molecule has 6 atom stereocenters. The number of carboxylic acids is 1. The van der Waals surface area contributed by atoms with Crippen LogP contribution in [0.25, 0.3) is 0 Å². The van der Waals surface area contributed by atoms with Crippen molar-refractivity contribution in [1.29, 1.82) is 0 Å². The molecule has 2 heterocycles.